The highest BCUT2D eigenvalue weighted by Gasteiger charge is 2.68. The lowest BCUT2D eigenvalue weighted by molar-refractivity contribution is -0.312. The molecule has 5 fully saturated rings. The van der Waals surface area contributed by atoms with E-state index >= 15 is 0 Å². The van der Waals surface area contributed by atoms with Crippen molar-refractivity contribution in [3.63, 3.8) is 0 Å². The molecule has 5 rings (SSSR count). The minimum absolute atomic E-state index is 0.0583. The van der Waals surface area contributed by atoms with E-state index in [9.17, 15) is 25.6 Å². The first kappa shape index (κ1) is 27.2. The number of fused-ring (bicyclic) bond motifs is 5. The van der Waals surface area contributed by atoms with E-state index in [1.54, 1.807) is 6.92 Å². The normalized spacial score (nSPS) is 53.4. The highest BCUT2D eigenvalue weighted by Crippen LogP contribution is 2.70. The molecule has 1 heterocycles. The highest BCUT2D eigenvalue weighted by atomic mass is 16.7. The van der Waals surface area contributed by atoms with Gasteiger partial charge in [0, 0.05) is 12.0 Å². The number of hydrogen-bond donors (Lipinski definition) is 3. The van der Waals surface area contributed by atoms with Gasteiger partial charge in [0.1, 0.15) is 18.3 Å². The van der Waals surface area contributed by atoms with Crippen molar-refractivity contribution in [1.29, 1.82) is 0 Å². The third-order valence-corrected chi connectivity index (χ3v) is 11.7. The van der Waals surface area contributed by atoms with Crippen LogP contribution in [0.5, 0.6) is 0 Å². The molecular formula is C27H43N3O7. The van der Waals surface area contributed by atoms with Gasteiger partial charge in [-0.2, -0.15) is 0 Å². The molecule has 1 aliphatic heterocycles. The molecule has 4 saturated carbocycles. The largest absolute Gasteiger partial charge is 0.481 e. The molecule has 0 amide bonds. The molecule has 13 atom stereocenters. The molecule has 10 heteroatoms. The van der Waals surface area contributed by atoms with Crippen molar-refractivity contribution in [3.05, 3.63) is 10.4 Å². The molecule has 1 saturated heterocycles. The zero-order valence-corrected chi connectivity index (χ0v) is 22.5. The smallest absolute Gasteiger partial charge is 0.307 e. The summed E-state index contributed by atoms with van der Waals surface area (Å²) in [5.41, 5.74) is 8.52. The summed E-state index contributed by atoms with van der Waals surface area (Å²) in [4.78, 5) is 15.5. The maximum Gasteiger partial charge on any atom is 0.307 e. The Kier molecular flexibility index (Phi) is 7.08. The van der Waals surface area contributed by atoms with E-state index in [-0.39, 0.29) is 17.4 Å². The monoisotopic (exact) mass is 521 g/mol. The van der Waals surface area contributed by atoms with Gasteiger partial charge in [0.25, 0.3) is 0 Å². The summed E-state index contributed by atoms with van der Waals surface area (Å²) in [6.07, 6.45) is 3.39. The third kappa shape index (κ3) is 3.94. The van der Waals surface area contributed by atoms with Crippen LogP contribution in [-0.2, 0) is 19.0 Å². The number of aliphatic hydroxyl groups excluding tert-OH is 2. The summed E-state index contributed by atoms with van der Waals surface area (Å²) >= 11 is 0. The summed E-state index contributed by atoms with van der Waals surface area (Å²) in [5.74, 6) is -0.231. The van der Waals surface area contributed by atoms with E-state index in [1.807, 2.05) is 0 Å². The Labute approximate surface area is 218 Å². The van der Waals surface area contributed by atoms with Gasteiger partial charge in [0.05, 0.1) is 23.7 Å². The van der Waals surface area contributed by atoms with E-state index in [2.05, 4.69) is 23.9 Å². The molecule has 0 radical (unpaired) electrons. The van der Waals surface area contributed by atoms with E-state index in [1.165, 1.54) is 7.11 Å². The number of aliphatic carboxylic acids is 1. The molecule has 3 N–H and O–H groups in total. The van der Waals surface area contributed by atoms with Crippen LogP contribution >= 0.6 is 0 Å². The van der Waals surface area contributed by atoms with Crippen molar-refractivity contribution in [2.75, 3.05) is 7.11 Å². The van der Waals surface area contributed by atoms with E-state index < -0.39 is 53.5 Å². The molecule has 0 aromatic heterocycles. The van der Waals surface area contributed by atoms with Gasteiger partial charge in [0.2, 0.25) is 0 Å². The van der Waals surface area contributed by atoms with Crippen molar-refractivity contribution in [1.82, 2.24) is 0 Å². The van der Waals surface area contributed by atoms with Gasteiger partial charge >= 0.3 is 5.97 Å². The molecule has 0 spiro atoms. The number of carboxylic acid groups (broad SMARTS) is 1. The van der Waals surface area contributed by atoms with Gasteiger partial charge in [0.15, 0.2) is 6.29 Å². The van der Waals surface area contributed by atoms with Gasteiger partial charge < -0.3 is 29.5 Å². The van der Waals surface area contributed by atoms with E-state index in [0.717, 1.165) is 44.9 Å². The zero-order valence-electron chi connectivity index (χ0n) is 22.5. The van der Waals surface area contributed by atoms with Crippen LogP contribution in [0, 0.1) is 34.5 Å². The Balaban J connectivity index is 1.33. The second-order valence-electron chi connectivity index (χ2n) is 12.9. The topological polar surface area (TPSA) is 154 Å². The van der Waals surface area contributed by atoms with Crippen LogP contribution in [0.2, 0.25) is 0 Å². The minimum Gasteiger partial charge on any atom is -0.481 e. The second-order valence-corrected chi connectivity index (χ2v) is 12.9. The summed E-state index contributed by atoms with van der Waals surface area (Å²) in [7, 11) is 1.47. The van der Waals surface area contributed by atoms with Crippen LogP contribution < -0.4 is 0 Å². The van der Waals surface area contributed by atoms with Gasteiger partial charge in [-0.05, 0) is 98.8 Å². The first-order valence-corrected chi connectivity index (χ1v) is 14.0. The standard InChI is InChI=1S/C27H43N3O7/c1-14-20(31)22(35-4)21(32)24(36-14)37-16-7-10-25(2)15(13-16)5-6-18-17(25)8-11-26(3)19(23(33)34)9-12-27(18,26)29-30-28/h14-22,24,31-32H,5-13H2,1-4H3,(H,33,34)/t14-,15+,16-,17-,18+,19+,20-,21+,22+,24-,25-,26+,27-/m0/s1. The molecule has 37 heavy (non-hydrogen) atoms. The SMILES string of the molecule is CO[C@@H]1[C@@H](O)[C@H](C)O[C@@H](O[C@H]2CC[C@@]3(C)[C@H](CC[C@@H]4[C@@H]3CC[C@]3(C)[C@@H](C(=O)O)CC[C@]43N=[N+]=[N-])C2)[C@@H]1O. The first-order valence-electron chi connectivity index (χ1n) is 14.0. The Morgan fingerprint density at radius 2 is 1.81 bits per heavy atom. The Morgan fingerprint density at radius 1 is 1.05 bits per heavy atom. The fourth-order valence-electron chi connectivity index (χ4n) is 9.60. The molecule has 208 valence electrons. The molecule has 0 bridgehead atoms. The molecule has 0 aromatic rings. The summed E-state index contributed by atoms with van der Waals surface area (Å²) < 4.78 is 17.5. The van der Waals surface area contributed by atoms with Crippen LogP contribution in [0.3, 0.4) is 0 Å². The molecule has 0 unspecified atom stereocenters. The lowest BCUT2D eigenvalue weighted by Gasteiger charge is -2.64. The molecule has 0 aromatic carbocycles. The number of carbonyl (C=O) groups is 1. The molecule has 4 aliphatic carbocycles. The summed E-state index contributed by atoms with van der Waals surface area (Å²) in [6.45, 7) is 6.20. The van der Waals surface area contributed by atoms with Crippen LogP contribution in [0.1, 0.15) is 78.6 Å². The van der Waals surface area contributed by atoms with E-state index in [4.69, 9.17) is 14.2 Å². The van der Waals surface area contributed by atoms with Crippen molar-refractivity contribution in [3.8, 4) is 0 Å². The number of methoxy groups -OCH3 is 1. The quantitative estimate of drug-likeness (QED) is 0.213. The minimum atomic E-state index is -1.07. The third-order valence-electron chi connectivity index (χ3n) is 11.7. The van der Waals surface area contributed by atoms with E-state index in [0.29, 0.717) is 24.7 Å². The number of carboxylic acids is 1. The van der Waals surface area contributed by atoms with Crippen molar-refractivity contribution in [2.45, 2.75) is 121 Å². The zero-order chi connectivity index (χ0) is 26.8. The molecule has 10 nitrogen and oxygen atoms in total. The lowest BCUT2D eigenvalue weighted by atomic mass is 9.42. The molecular weight excluding hydrogens is 478 g/mol. The predicted octanol–water partition coefficient (Wildman–Crippen LogP) is 4.03. The predicted molar refractivity (Wildman–Crippen MR) is 133 cm³/mol. The number of rotatable bonds is 5. The maximum atomic E-state index is 12.2. The number of nitrogens with zero attached hydrogens (tertiary/aromatic N) is 3. The number of ether oxygens (including phenoxy) is 3. The number of aliphatic hydroxyl groups is 2. The highest BCUT2D eigenvalue weighted by molar-refractivity contribution is 5.72. The van der Waals surface area contributed by atoms with Crippen LogP contribution in [0.25, 0.3) is 10.4 Å². The second kappa shape index (κ2) is 9.65. The van der Waals surface area contributed by atoms with Crippen LogP contribution in [0.15, 0.2) is 5.11 Å². The number of hydrogen-bond acceptors (Lipinski definition) is 7. The summed E-state index contributed by atoms with van der Waals surface area (Å²) in [5, 5.41) is 35.5. The maximum absolute atomic E-state index is 12.2. The van der Waals surface area contributed by atoms with Crippen molar-refractivity contribution < 1.29 is 34.3 Å². The Hall–Kier alpha value is -1.42. The fourth-order valence-corrected chi connectivity index (χ4v) is 9.60. The average molecular weight is 522 g/mol. The first-order chi connectivity index (χ1) is 17.5. The van der Waals surface area contributed by atoms with Crippen molar-refractivity contribution >= 4 is 5.97 Å². The van der Waals surface area contributed by atoms with Gasteiger partial charge in [-0.25, -0.2) is 0 Å². The van der Waals surface area contributed by atoms with Crippen LogP contribution in [-0.4, -0.2) is 70.7 Å². The van der Waals surface area contributed by atoms with Crippen LogP contribution in [0.4, 0.5) is 0 Å². The summed E-state index contributed by atoms with van der Waals surface area (Å²) in [6, 6.07) is 0. The fraction of sp³-hybridized carbons (Fsp3) is 0.963. The Bertz CT molecular complexity index is 945. The number of azide groups is 1. The average Bonchev–Trinajstić information content (AvgIpc) is 3.16. The van der Waals surface area contributed by atoms with Gasteiger partial charge in [-0.1, -0.05) is 19.0 Å². The van der Waals surface area contributed by atoms with Gasteiger partial charge in [-0.3, -0.25) is 4.79 Å². The molecule has 5 aliphatic rings. The van der Waals surface area contributed by atoms with Gasteiger partial charge in [-0.15, -0.1) is 0 Å². The van der Waals surface area contributed by atoms with Crippen molar-refractivity contribution in [2.24, 2.45) is 39.6 Å². The lowest BCUT2D eigenvalue weighted by Crippen LogP contribution is -2.62. The Morgan fingerprint density at radius 3 is 2.49 bits per heavy atom.